The van der Waals surface area contributed by atoms with Crippen molar-refractivity contribution in [2.45, 2.75) is 38.9 Å². The minimum Gasteiger partial charge on any atom is -0.382 e. The highest BCUT2D eigenvalue weighted by Gasteiger charge is 2.29. The Labute approximate surface area is 176 Å². The van der Waals surface area contributed by atoms with Crippen molar-refractivity contribution in [2.24, 2.45) is 10.9 Å². The molecule has 0 aromatic heterocycles. The summed E-state index contributed by atoms with van der Waals surface area (Å²) in [5.41, 5.74) is 0. The van der Waals surface area contributed by atoms with Crippen LogP contribution in [0.2, 0.25) is 0 Å². The van der Waals surface area contributed by atoms with Crippen molar-refractivity contribution in [3.63, 3.8) is 0 Å². The third-order valence-corrected chi connectivity index (χ3v) is 6.85. The van der Waals surface area contributed by atoms with Gasteiger partial charge >= 0.3 is 0 Å². The van der Waals surface area contributed by atoms with Crippen molar-refractivity contribution >= 4 is 39.8 Å². The second-order valence-corrected chi connectivity index (χ2v) is 10.2. The maximum absolute atomic E-state index is 12.2. The van der Waals surface area contributed by atoms with Gasteiger partial charge in [-0.3, -0.25) is 4.99 Å². The fraction of sp³-hybridized carbons (Fsp3) is 0.941. The van der Waals surface area contributed by atoms with E-state index in [1.54, 1.807) is 27.9 Å². The van der Waals surface area contributed by atoms with E-state index in [1.165, 1.54) is 0 Å². The number of hydrogen-bond donors (Lipinski definition) is 1. The highest BCUT2D eigenvalue weighted by molar-refractivity contribution is 14.0. The molecule has 1 saturated heterocycles. The number of hydrogen-bond acceptors (Lipinski definition) is 5. The molecule has 0 saturated carbocycles. The Balaban J connectivity index is 0.00000625. The number of rotatable bonds is 9. The van der Waals surface area contributed by atoms with E-state index in [2.05, 4.69) is 15.2 Å². The van der Waals surface area contributed by atoms with Gasteiger partial charge in [0.2, 0.25) is 0 Å². The van der Waals surface area contributed by atoms with Gasteiger partial charge in [-0.2, -0.15) is 0 Å². The maximum Gasteiger partial charge on any atom is 0.193 e. The molecule has 0 amide bonds. The van der Waals surface area contributed by atoms with Crippen LogP contribution in [0, 0.1) is 5.92 Å². The van der Waals surface area contributed by atoms with E-state index in [0.29, 0.717) is 19.1 Å². The van der Waals surface area contributed by atoms with E-state index >= 15 is 0 Å². The summed E-state index contributed by atoms with van der Waals surface area (Å²) in [5, 5.41) is 3.27. The third-order valence-electron chi connectivity index (χ3n) is 4.26. The van der Waals surface area contributed by atoms with Crippen LogP contribution in [-0.4, -0.2) is 82.9 Å². The molecule has 0 radical (unpaired) electrons. The maximum atomic E-state index is 12.2. The number of ether oxygens (including phenoxy) is 2. The predicted molar refractivity (Wildman–Crippen MR) is 117 cm³/mol. The molecule has 1 unspecified atom stereocenters. The number of aliphatic imine (C=N–C) groups is 1. The van der Waals surface area contributed by atoms with Crippen LogP contribution in [0.4, 0.5) is 0 Å². The first kappa shape index (κ1) is 25.9. The largest absolute Gasteiger partial charge is 0.382 e. The zero-order chi connectivity index (χ0) is 18.9. The van der Waals surface area contributed by atoms with Gasteiger partial charge in [-0.25, -0.2) is 8.42 Å². The van der Waals surface area contributed by atoms with Crippen molar-refractivity contribution < 1.29 is 17.9 Å². The van der Waals surface area contributed by atoms with E-state index in [0.717, 1.165) is 38.6 Å². The Bertz CT molecular complexity index is 521. The number of nitrogens with zero attached hydrogens (tertiary/aromatic N) is 2. The molecule has 0 aromatic rings. The zero-order valence-corrected chi connectivity index (χ0v) is 19.9. The Morgan fingerprint density at radius 3 is 2.58 bits per heavy atom. The summed E-state index contributed by atoms with van der Waals surface area (Å²) in [6, 6.07) is 0. The van der Waals surface area contributed by atoms with Gasteiger partial charge in [0.15, 0.2) is 15.8 Å². The first-order valence-corrected chi connectivity index (χ1v) is 10.7. The van der Waals surface area contributed by atoms with Crippen molar-refractivity contribution in [3.8, 4) is 0 Å². The van der Waals surface area contributed by atoms with Gasteiger partial charge in [0.25, 0.3) is 0 Å². The van der Waals surface area contributed by atoms with Gasteiger partial charge in [0.1, 0.15) is 0 Å². The molecule has 1 fully saturated rings. The number of methoxy groups -OCH3 is 1. The Morgan fingerprint density at radius 2 is 2.00 bits per heavy atom. The first-order chi connectivity index (χ1) is 11.7. The van der Waals surface area contributed by atoms with Gasteiger partial charge in [-0.05, 0) is 34.1 Å². The molecule has 1 heterocycles. The Morgan fingerprint density at radius 1 is 1.31 bits per heavy atom. The molecule has 26 heavy (non-hydrogen) atoms. The van der Waals surface area contributed by atoms with Gasteiger partial charge in [-0.1, -0.05) is 0 Å². The monoisotopic (exact) mass is 505 g/mol. The molecule has 0 spiro atoms. The lowest BCUT2D eigenvalue weighted by Gasteiger charge is -2.22. The summed E-state index contributed by atoms with van der Waals surface area (Å²) in [5.74, 6) is 1.34. The molecule has 1 N–H and O–H groups in total. The van der Waals surface area contributed by atoms with Crippen LogP contribution in [0.5, 0.6) is 0 Å². The standard InChI is InChI=1S/C17H35N3O4S.HI/c1-6-18-16(19-8-12-25(21,22)17(2,3)4)20-9-7-15(13-20)14-24-11-10-23-5;/h15H,6-14H2,1-5H3,(H,18,19);1H. The van der Waals surface area contributed by atoms with Crippen LogP contribution in [-0.2, 0) is 19.3 Å². The number of halogens is 1. The molecule has 0 aliphatic carbocycles. The van der Waals surface area contributed by atoms with Crippen LogP contribution >= 0.6 is 24.0 Å². The minimum atomic E-state index is -3.15. The van der Waals surface area contributed by atoms with Crippen LogP contribution in [0.25, 0.3) is 0 Å². The first-order valence-electron chi connectivity index (χ1n) is 9.03. The van der Waals surface area contributed by atoms with E-state index in [1.807, 2.05) is 6.92 Å². The molecule has 1 aliphatic heterocycles. The zero-order valence-electron chi connectivity index (χ0n) is 16.8. The molecule has 1 aliphatic rings. The lowest BCUT2D eigenvalue weighted by Crippen LogP contribution is -2.41. The van der Waals surface area contributed by atoms with E-state index in [-0.39, 0.29) is 36.3 Å². The van der Waals surface area contributed by atoms with Crippen molar-refractivity contribution in [3.05, 3.63) is 0 Å². The van der Waals surface area contributed by atoms with Crippen LogP contribution in [0.15, 0.2) is 4.99 Å². The number of likely N-dealkylation sites (tertiary alicyclic amines) is 1. The number of nitrogens with one attached hydrogen (secondary N) is 1. The predicted octanol–water partition coefficient (Wildman–Crippen LogP) is 1.77. The van der Waals surface area contributed by atoms with Crippen LogP contribution in [0.3, 0.4) is 0 Å². The van der Waals surface area contributed by atoms with Gasteiger partial charge in [0, 0.05) is 32.7 Å². The summed E-state index contributed by atoms with van der Waals surface area (Å²) < 4.78 is 34.3. The van der Waals surface area contributed by atoms with Crippen LogP contribution in [0.1, 0.15) is 34.1 Å². The summed E-state index contributed by atoms with van der Waals surface area (Å²) in [6.45, 7) is 12.0. The molecular formula is C17H36IN3O4S. The Hall–Kier alpha value is -0.130. The average molecular weight is 505 g/mol. The molecule has 1 atom stereocenters. The average Bonchev–Trinajstić information content (AvgIpc) is 2.98. The fourth-order valence-corrected chi connectivity index (χ4v) is 3.50. The molecule has 9 heteroatoms. The normalized spacial score (nSPS) is 18.7. The third kappa shape index (κ3) is 8.71. The number of guanidine groups is 1. The molecule has 1 rings (SSSR count). The van der Waals surface area contributed by atoms with Crippen LogP contribution < -0.4 is 5.32 Å². The lowest BCUT2D eigenvalue weighted by atomic mass is 10.1. The molecule has 156 valence electrons. The quantitative estimate of drug-likeness (QED) is 0.223. The van der Waals surface area contributed by atoms with Gasteiger partial charge in [-0.15, -0.1) is 24.0 Å². The lowest BCUT2D eigenvalue weighted by molar-refractivity contribution is 0.0536. The smallest absolute Gasteiger partial charge is 0.193 e. The van der Waals surface area contributed by atoms with E-state index in [4.69, 9.17) is 9.47 Å². The van der Waals surface area contributed by atoms with Gasteiger partial charge in [0.05, 0.1) is 36.9 Å². The SMILES string of the molecule is CCNC(=NCCS(=O)(=O)C(C)(C)C)N1CCC(COCCOC)C1.I. The van der Waals surface area contributed by atoms with Crippen molar-refractivity contribution in [2.75, 3.05) is 58.9 Å². The highest BCUT2D eigenvalue weighted by atomic mass is 127. The van der Waals surface area contributed by atoms with E-state index in [9.17, 15) is 8.42 Å². The van der Waals surface area contributed by atoms with Crippen molar-refractivity contribution in [1.29, 1.82) is 0 Å². The topological polar surface area (TPSA) is 80.2 Å². The molecular weight excluding hydrogens is 469 g/mol. The number of sulfone groups is 1. The summed E-state index contributed by atoms with van der Waals surface area (Å²) >= 11 is 0. The molecule has 0 aromatic carbocycles. The van der Waals surface area contributed by atoms with Gasteiger partial charge < -0.3 is 19.7 Å². The second-order valence-electron chi connectivity index (χ2n) is 7.34. The molecule has 7 nitrogen and oxygen atoms in total. The molecule has 0 bridgehead atoms. The summed E-state index contributed by atoms with van der Waals surface area (Å²) in [6.07, 6.45) is 1.05. The summed E-state index contributed by atoms with van der Waals surface area (Å²) in [4.78, 5) is 6.72. The fourth-order valence-electron chi connectivity index (χ4n) is 2.56. The van der Waals surface area contributed by atoms with Crippen molar-refractivity contribution in [1.82, 2.24) is 10.2 Å². The highest BCUT2D eigenvalue weighted by Crippen LogP contribution is 2.18. The van der Waals surface area contributed by atoms with E-state index < -0.39 is 14.6 Å². The summed E-state index contributed by atoms with van der Waals surface area (Å²) in [7, 11) is -1.48. The second kappa shape index (κ2) is 12.4. The Kier molecular flexibility index (Phi) is 12.3. The minimum absolute atomic E-state index is 0.